The van der Waals surface area contributed by atoms with E-state index < -0.39 is 17.7 Å². The first-order chi connectivity index (χ1) is 16.7. The number of ether oxygens (including phenoxy) is 1. The molecule has 2 aromatic carbocycles. The van der Waals surface area contributed by atoms with Gasteiger partial charge in [0.1, 0.15) is 11.5 Å². The molecule has 2 heterocycles. The van der Waals surface area contributed by atoms with Crippen molar-refractivity contribution >= 4 is 40.7 Å². The van der Waals surface area contributed by atoms with Crippen molar-refractivity contribution in [3.05, 3.63) is 98.8 Å². The highest BCUT2D eigenvalue weighted by molar-refractivity contribution is 6.46. The number of carbonyl (C=O) groups is 2. The molecule has 0 aliphatic carbocycles. The van der Waals surface area contributed by atoms with E-state index in [-0.39, 0.29) is 29.0 Å². The zero-order chi connectivity index (χ0) is 25.3. The lowest BCUT2D eigenvalue weighted by atomic mass is 9.93. The molecule has 0 radical (unpaired) electrons. The van der Waals surface area contributed by atoms with Crippen LogP contribution in [0.3, 0.4) is 0 Å². The van der Waals surface area contributed by atoms with Gasteiger partial charge in [0.25, 0.3) is 11.7 Å². The molecular formula is C27H24Cl2N2O4. The van der Waals surface area contributed by atoms with Gasteiger partial charge in [-0.25, -0.2) is 0 Å². The molecule has 1 atom stereocenters. The maximum atomic E-state index is 13.3. The Hall–Kier alpha value is -3.35. The average molecular weight is 511 g/mol. The Morgan fingerprint density at radius 1 is 1.11 bits per heavy atom. The summed E-state index contributed by atoms with van der Waals surface area (Å²) in [6, 6.07) is 12.8. The number of carbonyl (C=O) groups excluding carboxylic acids is 2. The summed E-state index contributed by atoms with van der Waals surface area (Å²) in [5.74, 6) is -1.11. The molecule has 1 aliphatic heterocycles. The van der Waals surface area contributed by atoms with Crippen molar-refractivity contribution in [3.8, 4) is 5.75 Å². The molecular weight excluding hydrogens is 487 g/mol. The number of Topliss-reactive ketones (excluding diaryl/α,β-unsaturated/α-hetero) is 1. The lowest BCUT2D eigenvalue weighted by Gasteiger charge is -2.25. The zero-order valence-electron chi connectivity index (χ0n) is 19.5. The van der Waals surface area contributed by atoms with Gasteiger partial charge < -0.3 is 14.7 Å². The number of amides is 1. The lowest BCUT2D eigenvalue weighted by molar-refractivity contribution is -0.140. The topological polar surface area (TPSA) is 79.7 Å². The fourth-order valence-electron chi connectivity index (χ4n) is 4.15. The van der Waals surface area contributed by atoms with Crippen molar-refractivity contribution in [3.63, 3.8) is 0 Å². The summed E-state index contributed by atoms with van der Waals surface area (Å²) < 4.78 is 5.73. The van der Waals surface area contributed by atoms with Crippen LogP contribution in [0.15, 0.2) is 66.5 Å². The van der Waals surface area contributed by atoms with Crippen LogP contribution in [0.2, 0.25) is 10.0 Å². The van der Waals surface area contributed by atoms with E-state index in [9.17, 15) is 14.7 Å². The molecule has 1 aliphatic rings. The van der Waals surface area contributed by atoms with Crippen LogP contribution >= 0.6 is 23.2 Å². The number of hydrogen-bond donors (Lipinski definition) is 1. The monoisotopic (exact) mass is 510 g/mol. The van der Waals surface area contributed by atoms with E-state index in [2.05, 4.69) is 4.98 Å². The second-order valence-corrected chi connectivity index (χ2v) is 9.42. The third kappa shape index (κ3) is 5.04. The summed E-state index contributed by atoms with van der Waals surface area (Å²) in [7, 11) is 0. The quantitative estimate of drug-likeness (QED) is 0.246. The summed E-state index contributed by atoms with van der Waals surface area (Å²) in [4.78, 5) is 32.0. The number of aliphatic hydroxyl groups is 1. The number of aliphatic hydroxyl groups excluding tert-OH is 1. The van der Waals surface area contributed by atoms with Crippen LogP contribution in [0.1, 0.15) is 42.1 Å². The SMILES string of the molecule is Cc1cc(OC(C)C)ccc1/C(O)=C1\C(=O)C(=O)N(Cc2cccnc2)[C@@H]1c1ccc(Cl)c(Cl)c1. The second-order valence-electron chi connectivity index (χ2n) is 8.61. The summed E-state index contributed by atoms with van der Waals surface area (Å²) in [5.41, 5.74) is 2.42. The first-order valence-electron chi connectivity index (χ1n) is 11.1. The number of pyridine rings is 1. The van der Waals surface area contributed by atoms with Crippen LogP contribution in [-0.4, -0.2) is 32.8 Å². The van der Waals surface area contributed by atoms with Gasteiger partial charge in [0.15, 0.2) is 0 Å². The van der Waals surface area contributed by atoms with Gasteiger partial charge in [-0.05, 0) is 73.9 Å². The molecule has 3 aromatic rings. The average Bonchev–Trinajstić information content (AvgIpc) is 3.06. The number of aryl methyl sites for hydroxylation is 1. The smallest absolute Gasteiger partial charge is 0.295 e. The number of benzene rings is 2. The number of aromatic nitrogens is 1. The van der Waals surface area contributed by atoms with Crippen molar-refractivity contribution in [2.45, 2.75) is 39.5 Å². The molecule has 1 N–H and O–H groups in total. The van der Waals surface area contributed by atoms with Crippen LogP contribution in [-0.2, 0) is 16.1 Å². The van der Waals surface area contributed by atoms with E-state index in [1.165, 1.54) is 4.90 Å². The predicted octanol–water partition coefficient (Wildman–Crippen LogP) is 6.11. The van der Waals surface area contributed by atoms with Crippen molar-refractivity contribution < 1.29 is 19.4 Å². The molecule has 1 saturated heterocycles. The molecule has 1 aromatic heterocycles. The van der Waals surface area contributed by atoms with Crippen LogP contribution in [0.25, 0.3) is 5.76 Å². The largest absolute Gasteiger partial charge is 0.507 e. The van der Waals surface area contributed by atoms with Gasteiger partial charge in [-0.3, -0.25) is 14.6 Å². The number of rotatable bonds is 6. The maximum absolute atomic E-state index is 13.3. The second kappa shape index (κ2) is 10.1. The van der Waals surface area contributed by atoms with E-state index in [1.807, 2.05) is 26.8 Å². The summed E-state index contributed by atoms with van der Waals surface area (Å²) >= 11 is 12.4. The Morgan fingerprint density at radius 2 is 1.89 bits per heavy atom. The zero-order valence-corrected chi connectivity index (χ0v) is 21.0. The van der Waals surface area contributed by atoms with E-state index in [4.69, 9.17) is 27.9 Å². The number of ketones is 1. The molecule has 1 fully saturated rings. The number of nitrogens with zero attached hydrogens (tertiary/aromatic N) is 2. The number of hydrogen-bond acceptors (Lipinski definition) is 5. The molecule has 0 saturated carbocycles. The third-order valence-corrected chi connectivity index (χ3v) is 6.44. The Morgan fingerprint density at radius 3 is 2.51 bits per heavy atom. The minimum Gasteiger partial charge on any atom is -0.507 e. The van der Waals surface area contributed by atoms with Crippen molar-refractivity contribution in [1.82, 2.24) is 9.88 Å². The van der Waals surface area contributed by atoms with Crippen molar-refractivity contribution in [1.29, 1.82) is 0 Å². The van der Waals surface area contributed by atoms with E-state index in [0.29, 0.717) is 27.5 Å². The molecule has 0 bridgehead atoms. The molecule has 0 unspecified atom stereocenters. The molecule has 6 nitrogen and oxygen atoms in total. The predicted molar refractivity (Wildman–Crippen MR) is 135 cm³/mol. The highest BCUT2D eigenvalue weighted by Crippen LogP contribution is 2.42. The van der Waals surface area contributed by atoms with Gasteiger partial charge in [-0.2, -0.15) is 0 Å². The fraction of sp³-hybridized carbons (Fsp3) is 0.222. The Balaban J connectivity index is 1.86. The van der Waals surface area contributed by atoms with E-state index in [0.717, 1.165) is 5.56 Å². The molecule has 180 valence electrons. The first-order valence-corrected chi connectivity index (χ1v) is 11.8. The Bertz CT molecular complexity index is 1320. The van der Waals surface area contributed by atoms with Gasteiger partial charge in [-0.15, -0.1) is 0 Å². The molecule has 35 heavy (non-hydrogen) atoms. The number of halogens is 2. The van der Waals surface area contributed by atoms with E-state index in [1.54, 1.807) is 54.9 Å². The first kappa shape index (κ1) is 24.8. The van der Waals surface area contributed by atoms with Crippen LogP contribution < -0.4 is 4.74 Å². The third-order valence-electron chi connectivity index (χ3n) is 5.70. The van der Waals surface area contributed by atoms with Crippen LogP contribution in [0.4, 0.5) is 0 Å². The minimum absolute atomic E-state index is 0.0127. The maximum Gasteiger partial charge on any atom is 0.295 e. The van der Waals surface area contributed by atoms with Gasteiger partial charge in [0.2, 0.25) is 0 Å². The Kier molecular flexibility index (Phi) is 7.15. The standard InChI is InChI=1S/C27H24Cl2N2O4/c1-15(2)35-19-7-8-20(16(3)11-19)25(32)23-24(18-6-9-21(28)22(29)12-18)31(27(34)26(23)33)14-17-5-4-10-30-13-17/h4-13,15,24,32H,14H2,1-3H3/b25-23+/t24-/m1/s1. The fourth-order valence-corrected chi connectivity index (χ4v) is 4.46. The van der Waals surface area contributed by atoms with Crippen molar-refractivity contribution in [2.75, 3.05) is 0 Å². The van der Waals surface area contributed by atoms with Crippen molar-refractivity contribution in [2.24, 2.45) is 0 Å². The molecule has 4 rings (SSSR count). The van der Waals surface area contributed by atoms with Gasteiger partial charge >= 0.3 is 0 Å². The Labute approximate surface area is 213 Å². The van der Waals surface area contributed by atoms with Gasteiger partial charge in [0, 0.05) is 24.5 Å². The highest BCUT2D eigenvalue weighted by Gasteiger charge is 2.46. The summed E-state index contributed by atoms with van der Waals surface area (Å²) in [6.45, 7) is 5.77. The van der Waals surface area contributed by atoms with E-state index >= 15 is 0 Å². The van der Waals surface area contributed by atoms with Gasteiger partial charge in [-0.1, -0.05) is 35.3 Å². The number of likely N-dealkylation sites (tertiary alicyclic amines) is 1. The molecule has 8 heteroatoms. The van der Waals surface area contributed by atoms with Crippen LogP contribution in [0.5, 0.6) is 5.75 Å². The highest BCUT2D eigenvalue weighted by atomic mass is 35.5. The normalized spacial score (nSPS) is 17.3. The summed E-state index contributed by atoms with van der Waals surface area (Å²) in [5, 5.41) is 12.0. The van der Waals surface area contributed by atoms with Crippen LogP contribution in [0, 0.1) is 6.92 Å². The lowest BCUT2D eigenvalue weighted by Crippen LogP contribution is -2.29. The minimum atomic E-state index is -0.865. The molecule has 0 spiro atoms. The summed E-state index contributed by atoms with van der Waals surface area (Å²) in [6.07, 6.45) is 3.24. The van der Waals surface area contributed by atoms with Gasteiger partial charge in [0.05, 0.1) is 27.8 Å². The molecule has 1 amide bonds.